The van der Waals surface area contributed by atoms with Crippen LogP contribution in [0.2, 0.25) is 5.02 Å². The average molecular weight is 222 g/mol. The van der Waals surface area contributed by atoms with Crippen molar-refractivity contribution in [2.45, 2.75) is 6.04 Å². The summed E-state index contributed by atoms with van der Waals surface area (Å²) in [4.78, 5) is 0. The van der Waals surface area contributed by atoms with Crippen LogP contribution in [0.15, 0.2) is 30.9 Å². The summed E-state index contributed by atoms with van der Waals surface area (Å²) in [6, 6.07) is 3.78. The quantitative estimate of drug-likeness (QED) is 0.764. The van der Waals surface area contributed by atoms with Crippen LogP contribution in [0.25, 0.3) is 0 Å². The molecule has 0 heterocycles. The number of halogens is 3. The summed E-state index contributed by atoms with van der Waals surface area (Å²) in [6.07, 6.45) is 1.47. The highest BCUT2D eigenvalue weighted by Gasteiger charge is 2.07. The molecular weight excluding hydrogens is 212 g/mol. The zero-order valence-corrected chi connectivity index (χ0v) is 8.41. The molecule has 1 atom stereocenters. The summed E-state index contributed by atoms with van der Waals surface area (Å²) in [6.45, 7) is 3.47. The van der Waals surface area contributed by atoms with E-state index in [1.54, 1.807) is 0 Å². The van der Waals surface area contributed by atoms with Crippen molar-refractivity contribution in [3.05, 3.63) is 47.3 Å². The molecular formula is C9H10Cl2FN. The normalized spacial score (nSPS) is 11.6. The lowest BCUT2D eigenvalue weighted by Crippen LogP contribution is -2.08. The maximum atomic E-state index is 13.0. The molecule has 0 aliphatic heterocycles. The van der Waals surface area contributed by atoms with Crippen molar-refractivity contribution in [2.24, 2.45) is 5.73 Å². The molecule has 1 nitrogen and oxygen atoms in total. The third-order valence-corrected chi connectivity index (χ3v) is 1.81. The van der Waals surface area contributed by atoms with Crippen molar-refractivity contribution in [1.82, 2.24) is 0 Å². The molecule has 1 aromatic rings. The van der Waals surface area contributed by atoms with Crippen LogP contribution in [0, 0.1) is 5.82 Å². The third-order valence-electron chi connectivity index (χ3n) is 1.57. The van der Waals surface area contributed by atoms with E-state index in [4.69, 9.17) is 17.3 Å². The second-order valence-electron chi connectivity index (χ2n) is 2.43. The van der Waals surface area contributed by atoms with Gasteiger partial charge in [0, 0.05) is 10.6 Å². The molecule has 0 aliphatic rings. The van der Waals surface area contributed by atoms with Gasteiger partial charge in [-0.25, -0.2) is 4.39 Å². The van der Waals surface area contributed by atoms with Crippen LogP contribution >= 0.6 is 24.0 Å². The zero-order chi connectivity index (χ0) is 9.14. The Morgan fingerprint density at radius 3 is 2.69 bits per heavy atom. The van der Waals surface area contributed by atoms with Crippen molar-refractivity contribution < 1.29 is 4.39 Å². The van der Waals surface area contributed by atoms with Gasteiger partial charge in [-0.2, -0.15) is 0 Å². The molecule has 0 unspecified atom stereocenters. The minimum Gasteiger partial charge on any atom is -0.321 e. The summed E-state index contributed by atoms with van der Waals surface area (Å²) >= 11 is 5.66. The fraction of sp³-hybridized carbons (Fsp3) is 0.111. The number of hydrogen-bond acceptors (Lipinski definition) is 1. The first-order chi connectivity index (χ1) is 5.65. The molecule has 0 radical (unpaired) electrons. The Labute approximate surface area is 87.8 Å². The molecule has 13 heavy (non-hydrogen) atoms. The Balaban J connectivity index is 0.00000144. The van der Waals surface area contributed by atoms with E-state index in [2.05, 4.69) is 6.58 Å². The fourth-order valence-corrected chi connectivity index (χ4v) is 1.08. The number of rotatable bonds is 2. The van der Waals surface area contributed by atoms with Gasteiger partial charge in [0.1, 0.15) is 5.82 Å². The Morgan fingerprint density at radius 1 is 1.54 bits per heavy atom. The van der Waals surface area contributed by atoms with E-state index >= 15 is 0 Å². The van der Waals surface area contributed by atoms with Crippen LogP contribution in [0.3, 0.4) is 0 Å². The van der Waals surface area contributed by atoms with Crippen LogP contribution in [-0.2, 0) is 0 Å². The first-order valence-corrected chi connectivity index (χ1v) is 3.86. The van der Waals surface area contributed by atoms with E-state index in [0.29, 0.717) is 10.6 Å². The first kappa shape index (κ1) is 12.4. The summed E-state index contributed by atoms with van der Waals surface area (Å²) in [5, 5.41) is 0.476. The molecule has 0 bridgehead atoms. The van der Waals surface area contributed by atoms with E-state index < -0.39 is 6.04 Å². The van der Waals surface area contributed by atoms with E-state index in [1.807, 2.05) is 0 Å². The zero-order valence-electron chi connectivity index (χ0n) is 6.84. The number of hydrogen-bond donors (Lipinski definition) is 1. The summed E-state index contributed by atoms with van der Waals surface area (Å²) in [7, 11) is 0. The fourth-order valence-electron chi connectivity index (χ4n) is 0.897. The lowest BCUT2D eigenvalue weighted by molar-refractivity contribution is 0.602. The molecule has 4 heteroatoms. The van der Waals surface area contributed by atoms with E-state index in [0.717, 1.165) is 0 Å². The van der Waals surface area contributed by atoms with Crippen LogP contribution in [0.5, 0.6) is 0 Å². The number of benzene rings is 1. The highest BCUT2D eigenvalue weighted by Crippen LogP contribution is 2.20. The molecule has 0 saturated heterocycles. The molecule has 0 aromatic heterocycles. The molecule has 0 fully saturated rings. The molecule has 1 aromatic carbocycles. The van der Waals surface area contributed by atoms with Crippen molar-refractivity contribution in [2.75, 3.05) is 0 Å². The molecule has 0 amide bonds. The van der Waals surface area contributed by atoms with Crippen molar-refractivity contribution >= 4 is 24.0 Å². The second kappa shape index (κ2) is 5.22. The van der Waals surface area contributed by atoms with Crippen LogP contribution in [-0.4, -0.2) is 0 Å². The molecule has 2 N–H and O–H groups in total. The summed E-state index contributed by atoms with van der Waals surface area (Å²) in [5.74, 6) is -0.355. The van der Waals surface area contributed by atoms with Crippen molar-refractivity contribution in [1.29, 1.82) is 0 Å². The molecule has 0 saturated carbocycles. The Bertz CT molecular complexity index is 302. The van der Waals surface area contributed by atoms with Gasteiger partial charge in [-0.05, 0) is 18.2 Å². The first-order valence-electron chi connectivity index (χ1n) is 3.48. The largest absolute Gasteiger partial charge is 0.321 e. The smallest absolute Gasteiger partial charge is 0.128 e. The predicted molar refractivity (Wildman–Crippen MR) is 55.8 cm³/mol. The molecule has 1 rings (SSSR count). The van der Waals surface area contributed by atoms with E-state index in [1.165, 1.54) is 24.3 Å². The minimum absolute atomic E-state index is 0. The van der Waals surface area contributed by atoms with Gasteiger partial charge in [-0.3, -0.25) is 0 Å². The monoisotopic (exact) mass is 221 g/mol. The maximum absolute atomic E-state index is 13.0. The summed E-state index contributed by atoms with van der Waals surface area (Å²) in [5.41, 5.74) is 5.92. The van der Waals surface area contributed by atoms with Gasteiger partial charge >= 0.3 is 0 Å². The highest BCUT2D eigenvalue weighted by atomic mass is 35.5. The van der Waals surface area contributed by atoms with E-state index in [9.17, 15) is 4.39 Å². The lowest BCUT2D eigenvalue weighted by atomic mass is 10.1. The second-order valence-corrected chi connectivity index (χ2v) is 2.86. The molecule has 0 aliphatic carbocycles. The summed E-state index contributed by atoms with van der Waals surface area (Å²) < 4.78 is 13.0. The van der Waals surface area contributed by atoms with Gasteiger partial charge in [0.05, 0.1) is 6.04 Å². The lowest BCUT2D eigenvalue weighted by Gasteiger charge is -2.07. The molecule has 72 valence electrons. The Hall–Kier alpha value is -0.570. The van der Waals surface area contributed by atoms with Gasteiger partial charge in [0.2, 0.25) is 0 Å². The average Bonchev–Trinajstić information content (AvgIpc) is 2.08. The SMILES string of the molecule is C=C[C@@H](N)c1cc(Cl)ccc1F.Cl. The number of nitrogens with two attached hydrogens (primary N) is 1. The van der Waals surface area contributed by atoms with Crippen LogP contribution in [0.1, 0.15) is 11.6 Å². The topological polar surface area (TPSA) is 26.0 Å². The third kappa shape index (κ3) is 2.99. The Morgan fingerprint density at radius 2 is 2.15 bits per heavy atom. The maximum Gasteiger partial charge on any atom is 0.128 e. The molecule has 0 spiro atoms. The van der Waals surface area contributed by atoms with Gasteiger partial charge in [-0.1, -0.05) is 17.7 Å². The van der Waals surface area contributed by atoms with Crippen molar-refractivity contribution in [3.63, 3.8) is 0 Å². The van der Waals surface area contributed by atoms with Gasteiger partial charge < -0.3 is 5.73 Å². The Kier molecular flexibility index (Phi) is 4.99. The van der Waals surface area contributed by atoms with Crippen LogP contribution in [0.4, 0.5) is 4.39 Å². The predicted octanol–water partition coefficient (Wildman–Crippen LogP) is 3.09. The van der Waals surface area contributed by atoms with Gasteiger partial charge in [-0.15, -0.1) is 19.0 Å². The van der Waals surface area contributed by atoms with E-state index in [-0.39, 0.29) is 18.2 Å². The van der Waals surface area contributed by atoms with Crippen molar-refractivity contribution in [3.8, 4) is 0 Å². The highest BCUT2D eigenvalue weighted by molar-refractivity contribution is 6.30. The van der Waals surface area contributed by atoms with Gasteiger partial charge in [0.15, 0.2) is 0 Å². The minimum atomic E-state index is -0.497. The standard InChI is InChI=1S/C9H9ClFN.ClH/c1-2-9(12)7-5-6(10)3-4-8(7)11;/h2-5,9H,1,12H2;1H/t9-;/m1./s1. The van der Waals surface area contributed by atoms with Crippen LogP contribution < -0.4 is 5.73 Å². The van der Waals surface area contributed by atoms with Gasteiger partial charge in [0.25, 0.3) is 0 Å².